The number of ether oxygens (including phenoxy) is 1. The molecule has 0 amide bonds. The number of nitrogens with zero attached hydrogens (tertiary/aromatic N) is 2. The van der Waals surface area contributed by atoms with Crippen molar-refractivity contribution in [1.29, 1.82) is 0 Å². The number of ketones is 1. The van der Waals surface area contributed by atoms with E-state index in [0.29, 0.717) is 0 Å². The topological polar surface area (TPSA) is 76.0 Å². The van der Waals surface area contributed by atoms with E-state index < -0.39 is 32.4 Å². The fourth-order valence-electron chi connectivity index (χ4n) is 3.65. The first-order valence-electron chi connectivity index (χ1n) is 9.11. The Labute approximate surface area is 170 Å². The smallest absolute Gasteiger partial charge is 0.248 e. The Morgan fingerprint density at radius 1 is 1.17 bits per heavy atom. The number of sulfonamides is 1. The van der Waals surface area contributed by atoms with E-state index >= 15 is 0 Å². The van der Waals surface area contributed by atoms with Gasteiger partial charge >= 0.3 is 0 Å². The second-order valence-electron chi connectivity index (χ2n) is 7.04. The molecule has 2 aromatic rings. The van der Waals surface area contributed by atoms with Crippen LogP contribution in [0.3, 0.4) is 0 Å². The van der Waals surface area contributed by atoms with E-state index in [9.17, 15) is 17.6 Å². The van der Waals surface area contributed by atoms with Crippen LogP contribution in [0.1, 0.15) is 25.0 Å². The Morgan fingerprint density at radius 3 is 2.41 bits per heavy atom. The normalized spacial score (nSPS) is 23.5. The van der Waals surface area contributed by atoms with Gasteiger partial charge < -0.3 is 4.74 Å². The van der Waals surface area contributed by atoms with Crippen molar-refractivity contribution >= 4 is 21.6 Å². The van der Waals surface area contributed by atoms with Gasteiger partial charge in [-0.15, -0.1) is 0 Å². The van der Waals surface area contributed by atoms with Crippen LogP contribution >= 0.6 is 0 Å². The molecule has 6 nitrogen and oxygen atoms in total. The molecule has 1 aliphatic heterocycles. The standard InChI is InChI=1S/C21H23FN2O4S/c1-15(25)20-21(18-11-7-8-12-19(18)22,23-16(2)24(3)29(20,26)27)14-28-13-17-9-5-4-6-10-17/h4-12,20H,13-14H2,1-3H3. The summed E-state index contributed by atoms with van der Waals surface area (Å²) >= 11 is 0. The summed E-state index contributed by atoms with van der Waals surface area (Å²) in [5.74, 6) is -1.10. The molecule has 1 aliphatic rings. The minimum Gasteiger partial charge on any atom is -0.374 e. The Bertz CT molecular complexity index is 1040. The lowest BCUT2D eigenvalue weighted by Gasteiger charge is -2.42. The van der Waals surface area contributed by atoms with Crippen LogP contribution in [0.2, 0.25) is 0 Å². The predicted octanol–water partition coefficient (Wildman–Crippen LogP) is 2.89. The van der Waals surface area contributed by atoms with Crippen LogP contribution in [0.15, 0.2) is 59.6 Å². The number of carbonyl (C=O) groups excluding carboxylic acids is 1. The first-order valence-corrected chi connectivity index (χ1v) is 10.6. The van der Waals surface area contributed by atoms with Gasteiger partial charge in [-0.1, -0.05) is 48.5 Å². The summed E-state index contributed by atoms with van der Waals surface area (Å²) in [7, 11) is -2.78. The van der Waals surface area contributed by atoms with Gasteiger partial charge in [-0.2, -0.15) is 0 Å². The number of halogens is 1. The zero-order chi connectivity index (χ0) is 21.2. The highest BCUT2D eigenvalue weighted by Gasteiger charge is 2.56. The molecule has 0 N–H and O–H groups in total. The highest BCUT2D eigenvalue weighted by atomic mass is 32.2. The van der Waals surface area contributed by atoms with Gasteiger partial charge in [-0.05, 0) is 25.5 Å². The van der Waals surface area contributed by atoms with Crippen LogP contribution in [-0.2, 0) is 31.7 Å². The maximum Gasteiger partial charge on any atom is 0.248 e. The number of aliphatic imine (C=N–C) groups is 1. The van der Waals surface area contributed by atoms with Crippen LogP contribution in [0.25, 0.3) is 0 Å². The number of amidine groups is 1. The summed E-state index contributed by atoms with van der Waals surface area (Å²) in [5, 5.41) is -1.60. The number of benzene rings is 2. The Kier molecular flexibility index (Phi) is 5.86. The van der Waals surface area contributed by atoms with Crippen molar-refractivity contribution in [3.8, 4) is 0 Å². The van der Waals surface area contributed by atoms with Gasteiger partial charge in [0.2, 0.25) is 10.0 Å². The Hall–Kier alpha value is -2.58. The highest BCUT2D eigenvalue weighted by Crippen LogP contribution is 2.40. The number of Topliss-reactive ketones (excluding diaryl/α,β-unsaturated/α-hetero) is 1. The number of rotatable bonds is 6. The molecule has 0 aliphatic carbocycles. The molecular weight excluding hydrogens is 395 g/mol. The molecular formula is C21H23FN2O4S. The zero-order valence-electron chi connectivity index (χ0n) is 16.5. The van der Waals surface area contributed by atoms with Crippen molar-refractivity contribution < 1.29 is 22.3 Å². The molecule has 154 valence electrons. The molecule has 0 fully saturated rings. The lowest BCUT2D eigenvalue weighted by molar-refractivity contribution is -0.118. The van der Waals surface area contributed by atoms with Gasteiger partial charge in [0, 0.05) is 12.6 Å². The monoisotopic (exact) mass is 418 g/mol. The summed E-state index contributed by atoms with van der Waals surface area (Å²) in [5.41, 5.74) is -0.835. The largest absolute Gasteiger partial charge is 0.374 e. The highest BCUT2D eigenvalue weighted by molar-refractivity contribution is 7.91. The number of carbonyl (C=O) groups is 1. The van der Waals surface area contributed by atoms with E-state index in [2.05, 4.69) is 4.99 Å². The molecule has 0 saturated heterocycles. The van der Waals surface area contributed by atoms with Gasteiger partial charge in [0.15, 0.2) is 11.0 Å². The molecule has 3 rings (SSSR count). The maximum absolute atomic E-state index is 14.8. The van der Waals surface area contributed by atoms with Crippen LogP contribution in [0, 0.1) is 5.82 Å². The van der Waals surface area contributed by atoms with Gasteiger partial charge in [-0.3, -0.25) is 14.1 Å². The predicted molar refractivity (Wildman–Crippen MR) is 108 cm³/mol. The van der Waals surface area contributed by atoms with E-state index in [1.807, 2.05) is 30.3 Å². The molecule has 0 saturated carbocycles. The van der Waals surface area contributed by atoms with Crippen molar-refractivity contribution in [3.05, 3.63) is 71.5 Å². The maximum atomic E-state index is 14.8. The van der Waals surface area contributed by atoms with Gasteiger partial charge in [-0.25, -0.2) is 12.8 Å². The lowest BCUT2D eigenvalue weighted by atomic mass is 9.85. The average molecular weight is 418 g/mol. The molecule has 2 atom stereocenters. The summed E-state index contributed by atoms with van der Waals surface area (Å²) < 4.78 is 47.9. The number of hydrogen-bond donors (Lipinski definition) is 0. The van der Waals surface area contributed by atoms with E-state index in [0.717, 1.165) is 9.87 Å². The van der Waals surface area contributed by atoms with E-state index in [-0.39, 0.29) is 24.6 Å². The molecule has 0 radical (unpaired) electrons. The van der Waals surface area contributed by atoms with E-state index in [1.54, 1.807) is 6.07 Å². The zero-order valence-corrected chi connectivity index (χ0v) is 17.3. The van der Waals surface area contributed by atoms with Crippen LogP contribution < -0.4 is 0 Å². The molecule has 1 heterocycles. The van der Waals surface area contributed by atoms with E-state index in [1.165, 1.54) is 39.1 Å². The quantitative estimate of drug-likeness (QED) is 0.723. The van der Waals surface area contributed by atoms with Gasteiger partial charge in [0.25, 0.3) is 0 Å². The van der Waals surface area contributed by atoms with Crippen molar-refractivity contribution in [3.63, 3.8) is 0 Å². The molecule has 2 aromatic carbocycles. The van der Waals surface area contributed by atoms with Crippen LogP contribution in [0.4, 0.5) is 4.39 Å². The Balaban J connectivity index is 2.14. The minimum absolute atomic E-state index is 0.0179. The summed E-state index contributed by atoms with van der Waals surface area (Å²) in [4.78, 5) is 17.1. The summed E-state index contributed by atoms with van der Waals surface area (Å²) in [6, 6.07) is 15.1. The second kappa shape index (κ2) is 8.04. The molecule has 29 heavy (non-hydrogen) atoms. The molecule has 0 bridgehead atoms. The SMILES string of the molecule is CC(=O)C1C(COCc2ccccc2)(c2ccccc2F)N=C(C)N(C)S1(=O)=O. The fraction of sp³-hybridized carbons (Fsp3) is 0.333. The third-order valence-electron chi connectivity index (χ3n) is 5.07. The lowest BCUT2D eigenvalue weighted by Crippen LogP contribution is -2.59. The summed E-state index contributed by atoms with van der Waals surface area (Å²) in [6.07, 6.45) is 0. The fourth-order valence-corrected chi connectivity index (χ4v) is 5.54. The first kappa shape index (κ1) is 21.1. The van der Waals surface area contributed by atoms with E-state index in [4.69, 9.17) is 4.74 Å². The van der Waals surface area contributed by atoms with Gasteiger partial charge in [0.05, 0.1) is 13.2 Å². The van der Waals surface area contributed by atoms with Gasteiger partial charge in [0.1, 0.15) is 17.2 Å². The van der Waals surface area contributed by atoms with Crippen LogP contribution in [-0.4, -0.2) is 43.2 Å². The van der Waals surface area contributed by atoms with Crippen molar-refractivity contribution in [1.82, 2.24) is 4.31 Å². The third kappa shape index (κ3) is 3.82. The first-order chi connectivity index (χ1) is 13.7. The van der Waals surface area contributed by atoms with Crippen molar-refractivity contribution in [2.45, 2.75) is 31.2 Å². The van der Waals surface area contributed by atoms with Crippen molar-refractivity contribution in [2.24, 2.45) is 4.99 Å². The second-order valence-corrected chi connectivity index (χ2v) is 9.09. The molecule has 8 heteroatoms. The van der Waals surface area contributed by atoms with Crippen molar-refractivity contribution in [2.75, 3.05) is 13.7 Å². The number of hydrogen-bond acceptors (Lipinski definition) is 5. The third-order valence-corrected chi connectivity index (χ3v) is 7.42. The molecule has 0 aromatic heterocycles. The molecule has 0 spiro atoms. The average Bonchev–Trinajstić information content (AvgIpc) is 2.67. The van der Waals surface area contributed by atoms with Crippen LogP contribution in [0.5, 0.6) is 0 Å². The minimum atomic E-state index is -4.11. The summed E-state index contributed by atoms with van der Waals surface area (Å²) in [6.45, 7) is 2.60. The molecule has 2 unspecified atom stereocenters. The Morgan fingerprint density at radius 2 is 1.79 bits per heavy atom.